The summed E-state index contributed by atoms with van der Waals surface area (Å²) >= 11 is 1.16. The molecule has 0 aromatic heterocycles. The number of piperidine rings is 1. The van der Waals surface area contributed by atoms with Crippen molar-refractivity contribution < 1.29 is 4.79 Å². The summed E-state index contributed by atoms with van der Waals surface area (Å²) in [6.45, 7) is 2.35. The number of carbonyl (C=O) groups excluding carboxylic acids is 1. The van der Waals surface area contributed by atoms with Gasteiger partial charge < -0.3 is 10.6 Å². The lowest BCUT2D eigenvalue weighted by Crippen LogP contribution is -2.44. The van der Waals surface area contributed by atoms with Crippen molar-refractivity contribution in [1.82, 2.24) is 10.2 Å². The molecular weight excluding hydrogens is 286 g/mol. The minimum absolute atomic E-state index is 0.0124. The van der Waals surface area contributed by atoms with Gasteiger partial charge in [0.2, 0.25) is 5.91 Å². The minimum atomic E-state index is 0.0124. The summed E-state index contributed by atoms with van der Waals surface area (Å²) in [4.78, 5) is 14.4. The second kappa shape index (κ2) is 6.46. The fourth-order valence-electron chi connectivity index (χ4n) is 2.68. The predicted molar refractivity (Wildman–Crippen MR) is 85.1 cm³/mol. The van der Waals surface area contributed by atoms with E-state index < -0.39 is 0 Å². The van der Waals surface area contributed by atoms with Crippen LogP contribution in [0.2, 0.25) is 0 Å². The largest absolute Gasteiger partial charge is 0.323 e. The Kier molecular flexibility index (Phi) is 4.42. The molecule has 0 bridgehead atoms. The third-order valence-corrected chi connectivity index (χ3v) is 4.47. The zero-order valence-electron chi connectivity index (χ0n) is 12.0. The fourth-order valence-corrected chi connectivity index (χ4v) is 3.23. The molecule has 0 spiro atoms. The molecule has 1 saturated heterocycles. The Morgan fingerprint density at radius 3 is 2.95 bits per heavy atom. The highest BCUT2D eigenvalue weighted by molar-refractivity contribution is 7.58. The van der Waals surface area contributed by atoms with Crippen LogP contribution in [0.4, 0.5) is 17.1 Å². The first kappa shape index (κ1) is 14.4. The van der Waals surface area contributed by atoms with Crippen molar-refractivity contribution in [3.8, 4) is 0 Å². The number of nitrogens with one attached hydrogen (secondary N) is 2. The summed E-state index contributed by atoms with van der Waals surface area (Å²) in [5, 5.41) is 6.24. The molecule has 21 heavy (non-hydrogen) atoms. The zero-order valence-corrected chi connectivity index (χ0v) is 12.8. The molecule has 2 aliphatic rings. The van der Waals surface area contributed by atoms with Gasteiger partial charge in [0.05, 0.1) is 23.6 Å². The molecule has 6 nitrogen and oxygen atoms in total. The van der Waals surface area contributed by atoms with Crippen molar-refractivity contribution in [2.45, 2.75) is 18.9 Å². The van der Waals surface area contributed by atoms with Crippen molar-refractivity contribution >= 4 is 34.3 Å². The molecule has 7 heteroatoms. The van der Waals surface area contributed by atoms with Crippen LogP contribution in [0.25, 0.3) is 0 Å². The molecule has 0 radical (unpaired) electrons. The van der Waals surface area contributed by atoms with Gasteiger partial charge in [-0.05, 0) is 32.0 Å². The van der Waals surface area contributed by atoms with Crippen LogP contribution in [0.5, 0.6) is 0 Å². The van der Waals surface area contributed by atoms with Crippen molar-refractivity contribution in [2.75, 3.05) is 32.0 Å². The van der Waals surface area contributed by atoms with Gasteiger partial charge in [0.25, 0.3) is 0 Å². The molecular formula is C14H19N5OS. The normalized spacial score (nSPS) is 18.3. The Bertz CT molecular complexity index is 603. The number of carbonyl (C=O) groups is 1. The van der Waals surface area contributed by atoms with Crippen molar-refractivity contribution in [2.24, 2.45) is 8.73 Å². The average Bonchev–Trinajstić information content (AvgIpc) is 2.97. The van der Waals surface area contributed by atoms with Crippen molar-refractivity contribution in [3.05, 3.63) is 18.2 Å². The summed E-state index contributed by atoms with van der Waals surface area (Å²) in [5.74, 6) is 0.0124. The summed E-state index contributed by atoms with van der Waals surface area (Å²) in [6.07, 6.45) is 2.19. The molecule has 1 fully saturated rings. The van der Waals surface area contributed by atoms with Gasteiger partial charge in [0, 0.05) is 19.1 Å². The number of fused-ring (bicyclic) bond motifs is 1. The monoisotopic (exact) mass is 305 g/mol. The van der Waals surface area contributed by atoms with Gasteiger partial charge in [-0.15, -0.1) is 0 Å². The highest BCUT2D eigenvalue weighted by Crippen LogP contribution is 2.38. The van der Waals surface area contributed by atoms with E-state index in [0.29, 0.717) is 12.6 Å². The van der Waals surface area contributed by atoms with Crippen molar-refractivity contribution in [3.63, 3.8) is 0 Å². The lowest BCUT2D eigenvalue weighted by molar-refractivity contribution is -0.117. The predicted octanol–water partition coefficient (Wildman–Crippen LogP) is 2.04. The number of likely N-dealkylation sites (tertiary alicyclic amines) is 1. The van der Waals surface area contributed by atoms with E-state index in [1.54, 1.807) is 0 Å². The average molecular weight is 305 g/mol. The Morgan fingerprint density at radius 1 is 1.38 bits per heavy atom. The van der Waals surface area contributed by atoms with Gasteiger partial charge in [-0.2, -0.15) is 8.73 Å². The lowest BCUT2D eigenvalue weighted by atomic mass is 10.1. The highest BCUT2D eigenvalue weighted by Gasteiger charge is 2.20. The Balaban J connectivity index is 1.56. The number of benzene rings is 1. The fraction of sp³-hybridized carbons (Fsp3) is 0.500. The van der Waals surface area contributed by atoms with Gasteiger partial charge in [-0.3, -0.25) is 9.69 Å². The van der Waals surface area contributed by atoms with E-state index in [1.807, 2.05) is 25.2 Å². The highest BCUT2D eigenvalue weighted by atomic mass is 32.1. The second-order valence-corrected chi connectivity index (χ2v) is 5.85. The first-order chi connectivity index (χ1) is 10.3. The third-order valence-electron chi connectivity index (χ3n) is 3.92. The number of anilines is 1. The smallest absolute Gasteiger partial charge is 0.238 e. The third kappa shape index (κ3) is 3.37. The molecule has 2 heterocycles. The lowest BCUT2D eigenvalue weighted by Gasteiger charge is -2.31. The number of rotatable bonds is 4. The van der Waals surface area contributed by atoms with Crippen LogP contribution in [-0.2, 0) is 16.1 Å². The van der Waals surface area contributed by atoms with Gasteiger partial charge in [0.1, 0.15) is 11.4 Å². The van der Waals surface area contributed by atoms with Gasteiger partial charge in [0.15, 0.2) is 0 Å². The number of amides is 1. The standard InChI is InChI=1S/C14H19N5OS/c1-15-10-5-7-19(8-6-10)9-13(20)16-11-3-2-4-12-14(11)18-21-17-12/h2-4,10,15H,5-9H2,1H3,(H,16,20). The van der Waals surface area contributed by atoms with E-state index >= 15 is 0 Å². The number of hydrogen-bond donors (Lipinski definition) is 2. The van der Waals surface area contributed by atoms with Crippen LogP contribution in [0.15, 0.2) is 26.9 Å². The van der Waals surface area contributed by atoms with E-state index in [-0.39, 0.29) is 5.91 Å². The van der Waals surface area contributed by atoms with E-state index in [4.69, 9.17) is 0 Å². The van der Waals surface area contributed by atoms with Crippen LogP contribution in [0, 0.1) is 0 Å². The molecule has 1 aromatic rings. The molecule has 1 amide bonds. The van der Waals surface area contributed by atoms with Crippen molar-refractivity contribution in [1.29, 1.82) is 0 Å². The molecule has 112 valence electrons. The Hall–Kier alpha value is -1.57. The van der Waals surface area contributed by atoms with E-state index in [1.165, 1.54) is 0 Å². The first-order valence-corrected chi connectivity index (χ1v) is 7.90. The Morgan fingerprint density at radius 2 is 2.19 bits per heavy atom. The quantitative estimate of drug-likeness (QED) is 0.908. The maximum atomic E-state index is 12.2. The molecule has 3 rings (SSSR count). The molecule has 0 aliphatic carbocycles. The van der Waals surface area contributed by atoms with Crippen LogP contribution in [0.1, 0.15) is 12.8 Å². The zero-order chi connectivity index (χ0) is 14.7. The number of hydrogen-bond acceptors (Lipinski definition) is 5. The molecule has 2 N–H and O–H groups in total. The summed E-state index contributed by atoms with van der Waals surface area (Å²) in [6, 6.07) is 6.24. The van der Waals surface area contributed by atoms with Gasteiger partial charge in [-0.1, -0.05) is 6.07 Å². The summed E-state index contributed by atoms with van der Waals surface area (Å²) < 4.78 is 8.42. The van der Waals surface area contributed by atoms with E-state index in [0.717, 1.165) is 54.3 Å². The molecule has 2 aliphatic heterocycles. The molecule has 0 atom stereocenters. The maximum Gasteiger partial charge on any atom is 0.238 e. The first-order valence-electron chi connectivity index (χ1n) is 7.17. The second-order valence-electron chi connectivity index (χ2n) is 5.32. The molecule has 1 aromatic carbocycles. The van der Waals surface area contributed by atoms with Crippen LogP contribution in [-0.4, -0.2) is 43.5 Å². The maximum absolute atomic E-state index is 12.2. The van der Waals surface area contributed by atoms with Crippen LogP contribution < -0.4 is 10.6 Å². The summed E-state index contributed by atoms with van der Waals surface area (Å²) in [7, 11) is 2.00. The molecule has 0 unspecified atom stereocenters. The SMILES string of the molecule is CNC1CCN(CC(=O)Nc2cccc3c2N=S=N3)CC1. The van der Waals surface area contributed by atoms with E-state index in [9.17, 15) is 4.79 Å². The number of nitrogens with zero attached hydrogens (tertiary/aromatic N) is 3. The topological polar surface area (TPSA) is 69.1 Å². The molecule has 0 saturated carbocycles. The summed E-state index contributed by atoms with van der Waals surface area (Å²) in [5.41, 5.74) is 2.34. The van der Waals surface area contributed by atoms with Crippen LogP contribution in [0.3, 0.4) is 0 Å². The minimum Gasteiger partial charge on any atom is -0.323 e. The van der Waals surface area contributed by atoms with Gasteiger partial charge in [-0.25, -0.2) is 0 Å². The van der Waals surface area contributed by atoms with Crippen LogP contribution >= 0.6 is 0 Å². The Labute approximate surface area is 127 Å². The van der Waals surface area contributed by atoms with E-state index in [2.05, 4.69) is 24.3 Å². The van der Waals surface area contributed by atoms with Gasteiger partial charge >= 0.3 is 0 Å².